The van der Waals surface area contributed by atoms with E-state index in [1.165, 1.54) is 9.21 Å². The Labute approximate surface area is 184 Å². The van der Waals surface area contributed by atoms with Crippen LogP contribution in [-0.4, -0.2) is 68.7 Å². The van der Waals surface area contributed by atoms with E-state index in [4.69, 9.17) is 10.00 Å². The quantitative estimate of drug-likeness (QED) is 0.573. The van der Waals surface area contributed by atoms with Crippen LogP contribution in [0.15, 0.2) is 30.3 Å². The maximum atomic E-state index is 12.6. The monoisotopic (exact) mass is 450 g/mol. The first kappa shape index (κ1) is 24.8. The first-order valence-corrected chi connectivity index (χ1v) is 12.0. The topological polar surface area (TPSA) is 120 Å². The summed E-state index contributed by atoms with van der Waals surface area (Å²) in [6, 6.07) is 11.0. The Morgan fingerprint density at radius 1 is 1.19 bits per heavy atom. The van der Waals surface area contributed by atoms with Gasteiger partial charge in [0.15, 0.2) is 0 Å². The number of nitrogens with zero attached hydrogens (tertiary/aromatic N) is 3. The number of para-hydroxylation sites is 1. The number of amides is 2. The fraction of sp³-hybridized carbons (Fsp3) is 0.571. The van der Waals surface area contributed by atoms with Crippen molar-refractivity contribution in [1.29, 1.82) is 5.26 Å². The predicted octanol–water partition coefficient (Wildman–Crippen LogP) is 1.27. The Hall–Kier alpha value is -2.48. The van der Waals surface area contributed by atoms with Gasteiger partial charge in [-0.1, -0.05) is 18.2 Å². The molecule has 1 aliphatic rings. The van der Waals surface area contributed by atoms with Crippen LogP contribution in [0.5, 0.6) is 0 Å². The molecule has 0 aliphatic carbocycles. The molecule has 170 valence electrons. The molecular formula is C21H30N4O5S. The molecule has 0 spiro atoms. The molecule has 0 aromatic heterocycles. The number of benzene rings is 1. The zero-order valence-corrected chi connectivity index (χ0v) is 18.8. The summed E-state index contributed by atoms with van der Waals surface area (Å²) in [7, 11) is -3.50. The van der Waals surface area contributed by atoms with Crippen molar-refractivity contribution < 1.29 is 22.7 Å². The van der Waals surface area contributed by atoms with Crippen LogP contribution in [0, 0.1) is 11.3 Å². The predicted molar refractivity (Wildman–Crippen MR) is 117 cm³/mol. The summed E-state index contributed by atoms with van der Waals surface area (Å²) in [6.07, 6.45) is -0.248. The molecule has 10 heteroatoms. The first-order chi connectivity index (χ1) is 14.7. The molecule has 1 N–H and O–H groups in total. The van der Waals surface area contributed by atoms with Gasteiger partial charge >= 0.3 is 0 Å². The van der Waals surface area contributed by atoms with Gasteiger partial charge in [0.1, 0.15) is 0 Å². The number of carbonyl (C=O) groups is 2. The number of nitrogens with one attached hydrogen (secondary N) is 1. The van der Waals surface area contributed by atoms with Crippen LogP contribution in [-0.2, 0) is 24.3 Å². The Morgan fingerprint density at radius 3 is 2.45 bits per heavy atom. The van der Waals surface area contributed by atoms with Crippen LogP contribution in [0.3, 0.4) is 0 Å². The van der Waals surface area contributed by atoms with E-state index >= 15 is 0 Å². The van der Waals surface area contributed by atoms with Crippen molar-refractivity contribution in [2.75, 3.05) is 36.8 Å². The van der Waals surface area contributed by atoms with Crippen LogP contribution in [0.4, 0.5) is 5.69 Å². The Kier molecular flexibility index (Phi) is 9.43. The minimum Gasteiger partial charge on any atom is -0.373 e. The van der Waals surface area contributed by atoms with Gasteiger partial charge in [-0.3, -0.25) is 9.59 Å². The summed E-state index contributed by atoms with van der Waals surface area (Å²) in [5.74, 6) is -0.856. The SMILES string of the molecule is CC1CN(S(=O)(=O)CCNC(=O)CCC(=O)N(CCC#N)c2ccccc2)CC(C)O1. The van der Waals surface area contributed by atoms with Crippen molar-refractivity contribution >= 4 is 27.5 Å². The summed E-state index contributed by atoms with van der Waals surface area (Å²) in [5, 5.41) is 11.4. The minimum absolute atomic E-state index is 0.0215. The summed E-state index contributed by atoms with van der Waals surface area (Å²) < 4.78 is 32.0. The lowest BCUT2D eigenvalue weighted by Gasteiger charge is -2.34. The van der Waals surface area contributed by atoms with Crippen LogP contribution < -0.4 is 10.2 Å². The molecule has 1 aromatic rings. The van der Waals surface area contributed by atoms with Crippen LogP contribution in [0.2, 0.25) is 0 Å². The van der Waals surface area contributed by atoms with Crippen molar-refractivity contribution in [2.24, 2.45) is 0 Å². The zero-order chi connectivity index (χ0) is 22.9. The lowest BCUT2D eigenvalue weighted by Crippen LogP contribution is -2.49. The van der Waals surface area contributed by atoms with Crippen LogP contribution >= 0.6 is 0 Å². The van der Waals surface area contributed by atoms with Gasteiger partial charge < -0.3 is 15.0 Å². The molecule has 2 unspecified atom stereocenters. The third-order valence-electron chi connectivity index (χ3n) is 4.84. The normalized spacial score (nSPS) is 19.4. The molecule has 1 aliphatic heterocycles. The standard InChI is InChI=1S/C21H30N4O5S/c1-17-15-24(16-18(2)30-17)31(28,29)14-12-23-20(26)9-10-21(27)25(13-6-11-22)19-7-4-3-5-8-19/h3-5,7-8,17-18H,6,9-10,12-16H2,1-2H3,(H,23,26). The molecule has 2 amide bonds. The van der Waals surface area contributed by atoms with E-state index in [1.807, 2.05) is 26.0 Å². The lowest BCUT2D eigenvalue weighted by molar-refractivity contribution is -0.125. The molecule has 1 aromatic carbocycles. The number of sulfonamides is 1. The highest BCUT2D eigenvalue weighted by atomic mass is 32.2. The summed E-state index contributed by atoms with van der Waals surface area (Å²) in [4.78, 5) is 26.2. The Bertz CT molecular complexity index is 875. The van der Waals surface area contributed by atoms with Gasteiger partial charge in [-0.2, -0.15) is 9.57 Å². The largest absolute Gasteiger partial charge is 0.373 e. The summed E-state index contributed by atoms with van der Waals surface area (Å²) in [6.45, 7) is 4.47. The Morgan fingerprint density at radius 2 is 1.84 bits per heavy atom. The number of hydrogen-bond acceptors (Lipinski definition) is 6. The van der Waals surface area contributed by atoms with E-state index in [1.54, 1.807) is 24.3 Å². The van der Waals surface area contributed by atoms with Crippen LogP contribution in [0.1, 0.15) is 33.1 Å². The fourth-order valence-corrected chi connectivity index (χ4v) is 4.91. The highest BCUT2D eigenvalue weighted by molar-refractivity contribution is 7.89. The number of nitriles is 1. The van der Waals surface area contributed by atoms with Crippen molar-refractivity contribution in [3.8, 4) is 6.07 Å². The molecule has 1 fully saturated rings. The van der Waals surface area contributed by atoms with Gasteiger partial charge in [0.2, 0.25) is 21.8 Å². The number of anilines is 1. The maximum absolute atomic E-state index is 12.6. The van der Waals surface area contributed by atoms with E-state index in [0.717, 1.165) is 0 Å². The maximum Gasteiger partial charge on any atom is 0.227 e. The van der Waals surface area contributed by atoms with Gasteiger partial charge in [-0.15, -0.1) is 0 Å². The fourth-order valence-electron chi connectivity index (χ4n) is 3.42. The van der Waals surface area contributed by atoms with Gasteiger partial charge in [-0.05, 0) is 26.0 Å². The second-order valence-corrected chi connectivity index (χ2v) is 9.62. The van der Waals surface area contributed by atoms with Gasteiger partial charge in [0.25, 0.3) is 0 Å². The smallest absolute Gasteiger partial charge is 0.227 e. The average Bonchev–Trinajstić information content (AvgIpc) is 2.72. The highest BCUT2D eigenvalue weighted by Crippen LogP contribution is 2.16. The Balaban J connectivity index is 1.80. The number of morpholine rings is 1. The van der Waals surface area contributed by atoms with Gasteiger partial charge in [-0.25, -0.2) is 8.42 Å². The number of rotatable bonds is 10. The molecule has 0 bridgehead atoms. The second-order valence-electron chi connectivity index (χ2n) is 7.53. The van der Waals surface area contributed by atoms with Crippen LogP contribution in [0.25, 0.3) is 0 Å². The molecule has 0 saturated carbocycles. The number of hydrogen-bond donors (Lipinski definition) is 1. The molecular weight excluding hydrogens is 420 g/mol. The van der Waals surface area contributed by atoms with Crippen molar-refractivity contribution in [2.45, 2.75) is 45.3 Å². The van der Waals surface area contributed by atoms with Gasteiger partial charge in [0.05, 0.1) is 30.5 Å². The minimum atomic E-state index is -3.50. The average molecular weight is 451 g/mol. The molecule has 31 heavy (non-hydrogen) atoms. The number of ether oxygens (including phenoxy) is 1. The number of carbonyl (C=O) groups excluding carboxylic acids is 2. The van der Waals surface area contributed by atoms with E-state index < -0.39 is 10.0 Å². The molecule has 2 atom stereocenters. The molecule has 1 heterocycles. The summed E-state index contributed by atoms with van der Waals surface area (Å²) >= 11 is 0. The third kappa shape index (κ3) is 7.94. The van der Waals surface area contributed by atoms with Crippen molar-refractivity contribution in [1.82, 2.24) is 9.62 Å². The van der Waals surface area contributed by atoms with E-state index in [0.29, 0.717) is 18.8 Å². The van der Waals surface area contributed by atoms with E-state index in [9.17, 15) is 18.0 Å². The van der Waals surface area contributed by atoms with E-state index in [-0.39, 0.29) is 62.1 Å². The molecule has 9 nitrogen and oxygen atoms in total. The van der Waals surface area contributed by atoms with Crippen molar-refractivity contribution in [3.05, 3.63) is 30.3 Å². The van der Waals surface area contributed by atoms with Crippen molar-refractivity contribution in [3.63, 3.8) is 0 Å². The molecule has 1 saturated heterocycles. The second kappa shape index (κ2) is 11.8. The van der Waals surface area contributed by atoms with E-state index in [2.05, 4.69) is 5.32 Å². The molecule has 0 radical (unpaired) electrons. The highest BCUT2D eigenvalue weighted by Gasteiger charge is 2.30. The molecule has 2 rings (SSSR count). The summed E-state index contributed by atoms with van der Waals surface area (Å²) in [5.41, 5.74) is 0.670. The third-order valence-corrected chi connectivity index (χ3v) is 6.65. The van der Waals surface area contributed by atoms with Gasteiger partial charge in [0, 0.05) is 44.7 Å². The zero-order valence-electron chi connectivity index (χ0n) is 18.0. The first-order valence-electron chi connectivity index (χ1n) is 10.3. The lowest BCUT2D eigenvalue weighted by atomic mass is 10.2.